The van der Waals surface area contributed by atoms with E-state index in [4.69, 9.17) is 9.15 Å². The number of nitrogens with one attached hydrogen (secondary N) is 1. The Bertz CT molecular complexity index is 1230. The number of hydrogen-bond acceptors (Lipinski definition) is 8. The minimum Gasteiger partial charge on any atom is -0.448 e. The number of non-ortho nitro benzene ring substituents is 1. The Hall–Kier alpha value is -3.86. The molecule has 0 fully saturated rings. The van der Waals surface area contributed by atoms with Crippen LogP contribution in [0.5, 0.6) is 0 Å². The van der Waals surface area contributed by atoms with Crippen LogP contribution in [-0.4, -0.2) is 31.3 Å². The van der Waals surface area contributed by atoms with Gasteiger partial charge in [0.15, 0.2) is 6.10 Å². The molecule has 0 unspecified atom stereocenters. The van der Waals surface area contributed by atoms with Crippen LogP contribution in [0.25, 0.3) is 22.7 Å². The van der Waals surface area contributed by atoms with Crippen LogP contribution >= 0.6 is 15.9 Å². The average Bonchev–Trinajstić information content (AvgIpc) is 3.45. The average molecular weight is 484 g/mol. The van der Waals surface area contributed by atoms with E-state index in [1.54, 1.807) is 13.0 Å². The summed E-state index contributed by atoms with van der Waals surface area (Å²) in [5.74, 6) is -0.375. The normalized spacial score (nSPS) is 11.8. The molecule has 156 valence electrons. The van der Waals surface area contributed by atoms with Crippen LogP contribution in [0.2, 0.25) is 0 Å². The molecule has 0 saturated heterocycles. The number of rotatable bonds is 6. The highest BCUT2D eigenvalue weighted by atomic mass is 79.9. The van der Waals surface area contributed by atoms with Crippen molar-refractivity contribution >= 4 is 27.6 Å². The van der Waals surface area contributed by atoms with Gasteiger partial charge in [0, 0.05) is 27.7 Å². The van der Waals surface area contributed by atoms with Gasteiger partial charge in [-0.05, 0) is 37.3 Å². The summed E-state index contributed by atoms with van der Waals surface area (Å²) in [7, 11) is 0. The van der Waals surface area contributed by atoms with E-state index in [1.807, 2.05) is 24.3 Å². The van der Waals surface area contributed by atoms with Crippen LogP contribution in [0.15, 0.2) is 63.5 Å². The van der Waals surface area contributed by atoms with Gasteiger partial charge in [-0.25, -0.2) is 4.79 Å². The number of aromatic nitrogens is 4. The van der Waals surface area contributed by atoms with Crippen molar-refractivity contribution in [1.29, 1.82) is 0 Å². The molecule has 0 radical (unpaired) electrons. The third kappa shape index (κ3) is 4.51. The lowest BCUT2D eigenvalue weighted by Crippen LogP contribution is -2.10. The molecule has 11 heteroatoms. The van der Waals surface area contributed by atoms with Gasteiger partial charge in [0.2, 0.25) is 5.89 Å². The van der Waals surface area contributed by atoms with Crippen LogP contribution < -0.4 is 0 Å². The van der Waals surface area contributed by atoms with E-state index in [0.29, 0.717) is 11.3 Å². The molecular weight excluding hydrogens is 470 g/mol. The first-order valence-electron chi connectivity index (χ1n) is 9.01. The number of nitro benzene ring substituents is 1. The third-order valence-electron chi connectivity index (χ3n) is 4.34. The van der Waals surface area contributed by atoms with E-state index in [-0.39, 0.29) is 23.2 Å². The fraction of sp³-hybridized carbons (Fsp3) is 0.100. The summed E-state index contributed by atoms with van der Waals surface area (Å²) in [6, 6.07) is 14.8. The smallest absolute Gasteiger partial charge is 0.357 e. The molecule has 0 amide bonds. The molecule has 4 aromatic rings. The van der Waals surface area contributed by atoms with Gasteiger partial charge in [0.1, 0.15) is 5.69 Å². The van der Waals surface area contributed by atoms with Gasteiger partial charge in [-0.1, -0.05) is 28.1 Å². The van der Waals surface area contributed by atoms with Crippen molar-refractivity contribution in [2.24, 2.45) is 0 Å². The Morgan fingerprint density at radius 1 is 1.13 bits per heavy atom. The fourth-order valence-electron chi connectivity index (χ4n) is 2.71. The molecule has 2 aromatic carbocycles. The third-order valence-corrected chi connectivity index (χ3v) is 4.86. The maximum Gasteiger partial charge on any atom is 0.357 e. The number of carbonyl (C=O) groups is 1. The summed E-state index contributed by atoms with van der Waals surface area (Å²) in [6.45, 7) is 1.59. The van der Waals surface area contributed by atoms with Gasteiger partial charge >= 0.3 is 5.97 Å². The molecule has 0 spiro atoms. The predicted octanol–water partition coefficient (Wildman–Crippen LogP) is 4.72. The monoisotopic (exact) mass is 483 g/mol. The predicted molar refractivity (Wildman–Crippen MR) is 112 cm³/mol. The lowest BCUT2D eigenvalue weighted by Gasteiger charge is -2.07. The van der Waals surface area contributed by atoms with Gasteiger partial charge in [0.05, 0.1) is 10.6 Å². The van der Waals surface area contributed by atoms with Crippen LogP contribution in [0.4, 0.5) is 5.69 Å². The van der Waals surface area contributed by atoms with E-state index >= 15 is 0 Å². The minimum atomic E-state index is -0.814. The van der Waals surface area contributed by atoms with Crippen LogP contribution in [0.1, 0.15) is 29.4 Å². The summed E-state index contributed by atoms with van der Waals surface area (Å²) in [5.41, 5.74) is 2.09. The molecule has 31 heavy (non-hydrogen) atoms. The Balaban J connectivity index is 1.44. The first kappa shape index (κ1) is 20.4. The number of ether oxygens (including phenoxy) is 1. The lowest BCUT2D eigenvalue weighted by molar-refractivity contribution is -0.384. The largest absolute Gasteiger partial charge is 0.448 e. The van der Waals surface area contributed by atoms with E-state index < -0.39 is 17.0 Å². The van der Waals surface area contributed by atoms with Crippen LogP contribution in [0, 0.1) is 10.1 Å². The fourth-order valence-corrected chi connectivity index (χ4v) is 2.97. The standard InChI is InChI=1S/C20H14BrN5O5/c1-11(18-24-25-19(31-18)13-4-8-15(9-5-13)26(28)29)30-20(27)17-10-16(22-23-17)12-2-6-14(21)7-3-12/h2-11H,1H3,(H,22,23)/t11-/m1/s1. The number of halogens is 1. The molecule has 0 aliphatic carbocycles. The highest BCUT2D eigenvalue weighted by Gasteiger charge is 2.21. The first-order valence-corrected chi connectivity index (χ1v) is 9.80. The maximum atomic E-state index is 12.5. The first-order chi connectivity index (χ1) is 14.9. The van der Waals surface area contributed by atoms with Gasteiger partial charge in [-0.15, -0.1) is 10.2 Å². The zero-order valence-electron chi connectivity index (χ0n) is 16.0. The molecule has 10 nitrogen and oxygen atoms in total. The molecule has 2 heterocycles. The highest BCUT2D eigenvalue weighted by molar-refractivity contribution is 9.10. The van der Waals surface area contributed by atoms with Gasteiger partial charge < -0.3 is 9.15 Å². The Kier molecular flexibility index (Phi) is 5.58. The molecule has 0 aliphatic heterocycles. The molecule has 0 bridgehead atoms. The molecule has 0 saturated carbocycles. The molecule has 1 N–H and O–H groups in total. The van der Waals surface area contributed by atoms with Gasteiger partial charge in [-0.2, -0.15) is 5.10 Å². The number of nitrogens with zero attached hydrogens (tertiary/aromatic N) is 4. The summed E-state index contributed by atoms with van der Waals surface area (Å²) in [6.07, 6.45) is -0.814. The van der Waals surface area contributed by atoms with Gasteiger partial charge in [0.25, 0.3) is 11.6 Å². The second-order valence-corrected chi connectivity index (χ2v) is 7.39. The van der Waals surface area contributed by atoms with E-state index in [9.17, 15) is 14.9 Å². The van der Waals surface area contributed by atoms with Crippen LogP contribution in [0.3, 0.4) is 0 Å². The number of benzene rings is 2. The van der Waals surface area contributed by atoms with Crippen molar-refractivity contribution < 1.29 is 18.9 Å². The maximum absolute atomic E-state index is 12.5. The SMILES string of the molecule is C[C@@H](OC(=O)c1cc(-c2ccc(Br)cc2)n[nH]1)c1nnc(-c2ccc([N+](=O)[O-])cc2)o1. The quantitative estimate of drug-likeness (QED) is 0.236. The summed E-state index contributed by atoms with van der Waals surface area (Å²) in [4.78, 5) is 22.7. The molecule has 0 aliphatic rings. The summed E-state index contributed by atoms with van der Waals surface area (Å²) in [5, 5.41) is 25.4. The number of esters is 1. The molecule has 1 atom stereocenters. The highest BCUT2D eigenvalue weighted by Crippen LogP contribution is 2.25. The van der Waals surface area contributed by atoms with Gasteiger partial charge in [-0.3, -0.25) is 15.2 Å². The molecule has 4 rings (SSSR count). The second-order valence-electron chi connectivity index (χ2n) is 6.47. The second kappa shape index (κ2) is 8.48. The number of hydrogen-bond donors (Lipinski definition) is 1. The number of H-pyrrole nitrogens is 1. The van der Waals surface area contributed by atoms with E-state index in [0.717, 1.165) is 10.0 Å². The Labute approximate surface area is 183 Å². The zero-order chi connectivity index (χ0) is 22.0. The minimum absolute atomic E-state index is 0.0483. The van der Waals surface area contributed by atoms with Crippen molar-refractivity contribution in [3.63, 3.8) is 0 Å². The van der Waals surface area contributed by atoms with Crippen molar-refractivity contribution in [2.45, 2.75) is 13.0 Å². The number of nitro groups is 1. The zero-order valence-corrected chi connectivity index (χ0v) is 17.6. The molecular formula is C20H14BrN5O5. The van der Waals surface area contributed by atoms with Crippen molar-refractivity contribution in [2.75, 3.05) is 0 Å². The van der Waals surface area contributed by atoms with E-state index in [2.05, 4.69) is 36.3 Å². The van der Waals surface area contributed by atoms with Crippen molar-refractivity contribution in [1.82, 2.24) is 20.4 Å². The summed E-state index contributed by atoms with van der Waals surface area (Å²) >= 11 is 3.37. The lowest BCUT2D eigenvalue weighted by atomic mass is 10.1. The Morgan fingerprint density at radius 2 is 1.81 bits per heavy atom. The van der Waals surface area contributed by atoms with Crippen molar-refractivity contribution in [3.05, 3.63) is 80.8 Å². The number of carbonyl (C=O) groups excluding carboxylic acids is 1. The van der Waals surface area contributed by atoms with Crippen molar-refractivity contribution in [3.8, 4) is 22.7 Å². The van der Waals surface area contributed by atoms with Crippen LogP contribution in [-0.2, 0) is 4.74 Å². The topological polar surface area (TPSA) is 137 Å². The van der Waals surface area contributed by atoms with E-state index in [1.165, 1.54) is 24.3 Å². The molecule has 2 aromatic heterocycles. The Morgan fingerprint density at radius 3 is 2.48 bits per heavy atom. The summed E-state index contributed by atoms with van der Waals surface area (Å²) < 4.78 is 11.9. The number of aromatic amines is 1.